The Balaban J connectivity index is 1.97. The Morgan fingerprint density at radius 3 is 3.00 bits per heavy atom. The van der Waals surface area contributed by atoms with Gasteiger partial charge < -0.3 is 10.6 Å². The van der Waals surface area contributed by atoms with E-state index in [0.29, 0.717) is 10.5 Å². The first-order valence-corrected chi connectivity index (χ1v) is 6.37. The molecule has 0 aliphatic carbocycles. The largest absolute Gasteiger partial charge is 0.383 e. The predicted molar refractivity (Wildman–Crippen MR) is 70.3 cm³/mol. The second kappa shape index (κ2) is 5.46. The summed E-state index contributed by atoms with van der Waals surface area (Å²) in [6, 6.07) is 5.49. The topological polar surface area (TPSA) is 67.2 Å². The summed E-state index contributed by atoms with van der Waals surface area (Å²) in [4.78, 5) is 10.2. The number of benzene rings is 1. The molecule has 1 aromatic carbocycles. The molecule has 2 N–H and O–H groups in total. The number of hydrogen-bond acceptors (Lipinski definition) is 4. The van der Waals surface area contributed by atoms with Crippen LogP contribution in [0, 0.1) is 10.1 Å². The Hall–Kier alpha value is -1.14. The first-order chi connectivity index (χ1) is 8.16. The summed E-state index contributed by atoms with van der Waals surface area (Å²) in [5.74, 6) is 0. The second-order valence-electron chi connectivity index (χ2n) is 4.10. The lowest BCUT2D eigenvalue weighted by atomic mass is 10.2. The molecule has 17 heavy (non-hydrogen) atoms. The smallest absolute Gasteiger partial charge is 0.283 e. The van der Waals surface area contributed by atoms with Crippen molar-refractivity contribution in [1.82, 2.24) is 5.32 Å². The van der Waals surface area contributed by atoms with Crippen LogP contribution in [0.25, 0.3) is 0 Å². The van der Waals surface area contributed by atoms with Crippen LogP contribution in [0.2, 0.25) is 0 Å². The van der Waals surface area contributed by atoms with Crippen LogP contribution < -0.4 is 10.6 Å². The molecule has 1 saturated heterocycles. The number of halogens is 1. The van der Waals surface area contributed by atoms with Gasteiger partial charge in [0.2, 0.25) is 0 Å². The van der Waals surface area contributed by atoms with Gasteiger partial charge in [-0.25, -0.2) is 0 Å². The molecule has 0 spiro atoms. The maximum Gasteiger partial charge on any atom is 0.283 e. The van der Waals surface area contributed by atoms with E-state index in [1.54, 1.807) is 12.1 Å². The highest BCUT2D eigenvalue weighted by molar-refractivity contribution is 9.10. The lowest BCUT2D eigenvalue weighted by Gasteiger charge is -2.12. The van der Waals surface area contributed by atoms with E-state index in [4.69, 9.17) is 0 Å². The predicted octanol–water partition coefficient (Wildman–Crippen LogP) is 2.52. The highest BCUT2D eigenvalue weighted by Gasteiger charge is 2.15. The molecule has 92 valence electrons. The van der Waals surface area contributed by atoms with Gasteiger partial charge in [-0.2, -0.15) is 0 Å². The van der Waals surface area contributed by atoms with E-state index in [2.05, 4.69) is 26.6 Å². The fourth-order valence-corrected chi connectivity index (χ4v) is 2.46. The van der Waals surface area contributed by atoms with Crippen molar-refractivity contribution in [2.45, 2.75) is 18.9 Å². The van der Waals surface area contributed by atoms with Crippen LogP contribution in [-0.4, -0.2) is 24.1 Å². The summed E-state index contributed by atoms with van der Waals surface area (Å²) in [5.41, 5.74) is 0.991. The summed E-state index contributed by atoms with van der Waals surface area (Å²) >= 11 is 3.20. The summed E-state index contributed by atoms with van der Waals surface area (Å²) < 4.78 is 0.506. The van der Waals surface area contributed by atoms with Gasteiger partial charge in [0, 0.05) is 24.3 Å². The Morgan fingerprint density at radius 2 is 2.41 bits per heavy atom. The SMILES string of the molecule is O=[N+]([O-])c1ccc(NCC2CCCN2)cc1Br. The molecule has 0 radical (unpaired) electrons. The van der Waals surface area contributed by atoms with E-state index in [0.717, 1.165) is 18.8 Å². The quantitative estimate of drug-likeness (QED) is 0.662. The number of rotatable bonds is 4. The van der Waals surface area contributed by atoms with Crippen LogP contribution in [0.3, 0.4) is 0 Å². The van der Waals surface area contributed by atoms with E-state index in [9.17, 15) is 10.1 Å². The van der Waals surface area contributed by atoms with Crippen molar-refractivity contribution >= 4 is 27.3 Å². The maximum absolute atomic E-state index is 10.6. The molecule has 1 aromatic rings. The molecular weight excluding hydrogens is 286 g/mol. The molecule has 1 aliphatic heterocycles. The van der Waals surface area contributed by atoms with E-state index in [-0.39, 0.29) is 5.69 Å². The van der Waals surface area contributed by atoms with Gasteiger partial charge in [0.1, 0.15) is 0 Å². The fraction of sp³-hybridized carbons (Fsp3) is 0.455. The number of anilines is 1. The third-order valence-corrected chi connectivity index (χ3v) is 3.49. The van der Waals surface area contributed by atoms with Crippen LogP contribution in [0.4, 0.5) is 11.4 Å². The first kappa shape index (κ1) is 12.3. The minimum atomic E-state index is -0.396. The lowest BCUT2D eigenvalue weighted by Crippen LogP contribution is -2.29. The zero-order valence-electron chi connectivity index (χ0n) is 9.28. The van der Waals surface area contributed by atoms with E-state index >= 15 is 0 Å². The van der Waals surface area contributed by atoms with Gasteiger partial charge >= 0.3 is 0 Å². The molecule has 1 fully saturated rings. The molecule has 6 heteroatoms. The molecule has 1 unspecified atom stereocenters. The van der Waals surface area contributed by atoms with Gasteiger partial charge in [0.15, 0.2) is 0 Å². The van der Waals surface area contributed by atoms with Gasteiger partial charge in [0.25, 0.3) is 5.69 Å². The number of nitrogens with zero attached hydrogens (tertiary/aromatic N) is 1. The lowest BCUT2D eigenvalue weighted by molar-refractivity contribution is -0.385. The van der Waals surface area contributed by atoms with Crippen LogP contribution in [0.15, 0.2) is 22.7 Å². The average molecular weight is 300 g/mol. The Bertz CT molecular complexity index is 419. The summed E-state index contributed by atoms with van der Waals surface area (Å²) in [5, 5.41) is 17.3. The van der Waals surface area contributed by atoms with Gasteiger partial charge in [0.05, 0.1) is 9.40 Å². The maximum atomic E-state index is 10.6. The molecular formula is C11H14BrN3O2. The number of nitro groups is 1. The van der Waals surface area contributed by atoms with E-state index in [1.165, 1.54) is 18.9 Å². The Kier molecular flexibility index (Phi) is 3.96. The van der Waals surface area contributed by atoms with Crippen molar-refractivity contribution in [3.63, 3.8) is 0 Å². The molecule has 1 heterocycles. The van der Waals surface area contributed by atoms with E-state index < -0.39 is 4.92 Å². The third-order valence-electron chi connectivity index (χ3n) is 2.86. The van der Waals surface area contributed by atoms with Gasteiger partial charge in [-0.3, -0.25) is 10.1 Å². The van der Waals surface area contributed by atoms with Crippen molar-refractivity contribution in [3.05, 3.63) is 32.8 Å². The Morgan fingerprint density at radius 1 is 1.59 bits per heavy atom. The van der Waals surface area contributed by atoms with Crippen molar-refractivity contribution in [2.24, 2.45) is 0 Å². The molecule has 0 saturated carbocycles. The summed E-state index contributed by atoms with van der Waals surface area (Å²) in [6.45, 7) is 1.93. The monoisotopic (exact) mass is 299 g/mol. The minimum Gasteiger partial charge on any atom is -0.383 e. The molecule has 1 atom stereocenters. The zero-order valence-corrected chi connectivity index (χ0v) is 10.9. The normalized spacial score (nSPS) is 19.2. The third kappa shape index (κ3) is 3.17. The van der Waals surface area contributed by atoms with Crippen molar-refractivity contribution in [3.8, 4) is 0 Å². The van der Waals surface area contributed by atoms with Gasteiger partial charge in [-0.1, -0.05) is 0 Å². The van der Waals surface area contributed by atoms with Gasteiger partial charge in [-0.05, 0) is 47.4 Å². The molecule has 0 bridgehead atoms. The highest BCUT2D eigenvalue weighted by atomic mass is 79.9. The summed E-state index contributed by atoms with van der Waals surface area (Å²) in [6.07, 6.45) is 2.40. The molecule has 0 aromatic heterocycles. The highest BCUT2D eigenvalue weighted by Crippen LogP contribution is 2.27. The molecule has 2 rings (SSSR count). The minimum absolute atomic E-state index is 0.0922. The van der Waals surface area contributed by atoms with Crippen LogP contribution in [0.5, 0.6) is 0 Å². The fourth-order valence-electron chi connectivity index (χ4n) is 1.94. The van der Waals surface area contributed by atoms with Crippen molar-refractivity contribution < 1.29 is 4.92 Å². The first-order valence-electron chi connectivity index (χ1n) is 5.58. The van der Waals surface area contributed by atoms with E-state index in [1.807, 2.05) is 0 Å². The summed E-state index contributed by atoms with van der Waals surface area (Å²) in [7, 11) is 0. The molecule has 1 aliphatic rings. The average Bonchev–Trinajstić information content (AvgIpc) is 2.78. The number of nitro benzene ring substituents is 1. The van der Waals surface area contributed by atoms with Crippen molar-refractivity contribution in [1.29, 1.82) is 0 Å². The van der Waals surface area contributed by atoms with Gasteiger partial charge in [-0.15, -0.1) is 0 Å². The second-order valence-corrected chi connectivity index (χ2v) is 4.95. The van der Waals surface area contributed by atoms with Crippen LogP contribution >= 0.6 is 15.9 Å². The molecule has 0 amide bonds. The Labute approximate surface area is 108 Å². The molecule has 5 nitrogen and oxygen atoms in total. The number of hydrogen-bond donors (Lipinski definition) is 2. The standard InChI is InChI=1S/C11H14BrN3O2/c12-10-6-8(3-4-11(10)15(16)17)14-7-9-2-1-5-13-9/h3-4,6,9,13-14H,1-2,5,7H2. The van der Waals surface area contributed by atoms with Crippen LogP contribution in [0.1, 0.15) is 12.8 Å². The van der Waals surface area contributed by atoms with Crippen molar-refractivity contribution in [2.75, 3.05) is 18.4 Å². The zero-order chi connectivity index (χ0) is 12.3. The van der Waals surface area contributed by atoms with Crippen LogP contribution in [-0.2, 0) is 0 Å². The number of nitrogens with one attached hydrogen (secondary N) is 2.